The highest BCUT2D eigenvalue weighted by molar-refractivity contribution is 7.99. The number of aryl methyl sites for hydroxylation is 1. The average molecular weight is 420 g/mol. The molecular weight excluding hydrogens is 394 g/mol. The Labute approximate surface area is 180 Å². The number of allylic oxidation sites excluding steroid dienone is 1. The van der Waals surface area contributed by atoms with Gasteiger partial charge in [-0.05, 0) is 37.5 Å². The van der Waals surface area contributed by atoms with Crippen LogP contribution in [0, 0.1) is 6.92 Å². The maximum absolute atomic E-state index is 13.4. The summed E-state index contributed by atoms with van der Waals surface area (Å²) < 4.78 is 1.83. The van der Waals surface area contributed by atoms with Gasteiger partial charge in [-0.3, -0.25) is 4.79 Å². The second kappa shape index (κ2) is 8.75. The number of carbonyl (C=O) groups excluding carboxylic acids is 1. The molecule has 154 valence electrons. The Hall–Kier alpha value is -3.06. The molecule has 1 aliphatic heterocycles. The van der Waals surface area contributed by atoms with E-state index in [1.165, 1.54) is 0 Å². The van der Waals surface area contributed by atoms with E-state index in [0.29, 0.717) is 16.7 Å². The molecular formula is C23H25N5OS. The number of anilines is 2. The number of fused-ring (bicyclic) bond motifs is 1. The second-order valence-corrected chi connectivity index (χ2v) is 8.32. The quantitative estimate of drug-likeness (QED) is 0.549. The number of nitrogens with one attached hydrogen (secondary N) is 2. The third-order valence-electron chi connectivity index (χ3n) is 5.02. The highest BCUT2D eigenvalue weighted by Crippen LogP contribution is 2.36. The molecule has 0 spiro atoms. The number of aromatic nitrogens is 3. The molecule has 0 saturated carbocycles. The topological polar surface area (TPSA) is 71.8 Å². The summed E-state index contributed by atoms with van der Waals surface area (Å²) >= 11 is 1.62. The maximum atomic E-state index is 13.4. The fourth-order valence-corrected chi connectivity index (χ4v) is 4.21. The lowest BCUT2D eigenvalue weighted by atomic mass is 9.95. The molecule has 1 aliphatic rings. The molecule has 2 heterocycles. The molecule has 30 heavy (non-hydrogen) atoms. The highest BCUT2D eigenvalue weighted by Gasteiger charge is 2.34. The van der Waals surface area contributed by atoms with Gasteiger partial charge in [0.1, 0.15) is 6.04 Å². The number of hydrogen-bond acceptors (Lipinski definition) is 5. The molecule has 6 nitrogen and oxygen atoms in total. The molecule has 0 aliphatic carbocycles. The van der Waals surface area contributed by atoms with Gasteiger partial charge in [-0.1, -0.05) is 67.2 Å². The van der Waals surface area contributed by atoms with Gasteiger partial charge in [0.15, 0.2) is 0 Å². The van der Waals surface area contributed by atoms with Crippen LogP contribution in [0.25, 0.3) is 0 Å². The van der Waals surface area contributed by atoms with E-state index in [1.807, 2.05) is 73.1 Å². The lowest BCUT2D eigenvalue weighted by molar-refractivity contribution is -0.113. The molecule has 2 aromatic carbocycles. The summed E-state index contributed by atoms with van der Waals surface area (Å²) in [7, 11) is 0. The van der Waals surface area contributed by atoms with Crippen molar-refractivity contribution in [3.63, 3.8) is 0 Å². The van der Waals surface area contributed by atoms with Crippen LogP contribution in [0.3, 0.4) is 0 Å². The van der Waals surface area contributed by atoms with Crippen molar-refractivity contribution >= 4 is 29.3 Å². The Balaban J connectivity index is 1.75. The van der Waals surface area contributed by atoms with Crippen molar-refractivity contribution in [2.75, 3.05) is 16.4 Å². The van der Waals surface area contributed by atoms with Crippen molar-refractivity contribution in [2.45, 2.75) is 38.4 Å². The first kappa shape index (κ1) is 20.2. The van der Waals surface area contributed by atoms with Crippen molar-refractivity contribution in [1.82, 2.24) is 14.8 Å². The Bertz CT molecular complexity index is 1090. The second-order valence-electron chi connectivity index (χ2n) is 7.26. The van der Waals surface area contributed by atoms with E-state index in [9.17, 15) is 4.79 Å². The highest BCUT2D eigenvalue weighted by atomic mass is 32.2. The lowest BCUT2D eigenvalue weighted by Crippen LogP contribution is -2.31. The van der Waals surface area contributed by atoms with Crippen molar-refractivity contribution in [1.29, 1.82) is 0 Å². The van der Waals surface area contributed by atoms with Crippen molar-refractivity contribution in [2.24, 2.45) is 0 Å². The molecule has 1 atom stereocenters. The van der Waals surface area contributed by atoms with Crippen LogP contribution < -0.4 is 10.6 Å². The smallest absolute Gasteiger partial charge is 0.255 e. The number of nitrogens with zero attached hydrogens (tertiary/aromatic N) is 3. The molecule has 1 aromatic heterocycles. The summed E-state index contributed by atoms with van der Waals surface area (Å²) in [5.41, 5.74) is 4.23. The summed E-state index contributed by atoms with van der Waals surface area (Å²) in [6, 6.07) is 17.4. The van der Waals surface area contributed by atoms with E-state index in [4.69, 9.17) is 5.10 Å². The first-order valence-corrected chi connectivity index (χ1v) is 11.1. The zero-order chi connectivity index (χ0) is 21.1. The molecule has 7 heteroatoms. The predicted octanol–water partition coefficient (Wildman–Crippen LogP) is 5.02. The van der Waals surface area contributed by atoms with Crippen molar-refractivity contribution in [3.05, 3.63) is 77.0 Å². The van der Waals surface area contributed by atoms with E-state index < -0.39 is 0 Å². The van der Waals surface area contributed by atoms with Crippen molar-refractivity contribution < 1.29 is 4.79 Å². The van der Waals surface area contributed by atoms with E-state index in [0.717, 1.165) is 34.7 Å². The summed E-state index contributed by atoms with van der Waals surface area (Å²) in [5.74, 6) is 1.46. The number of para-hydroxylation sites is 1. The molecule has 4 rings (SSSR count). The van der Waals surface area contributed by atoms with Crippen LogP contribution in [0.1, 0.15) is 37.4 Å². The average Bonchev–Trinajstić information content (AvgIpc) is 3.15. The van der Waals surface area contributed by atoms with Crippen LogP contribution in [0.5, 0.6) is 0 Å². The van der Waals surface area contributed by atoms with Crippen molar-refractivity contribution in [3.8, 4) is 0 Å². The van der Waals surface area contributed by atoms with Gasteiger partial charge in [0.05, 0.1) is 5.57 Å². The minimum Gasteiger partial charge on any atom is -0.328 e. The van der Waals surface area contributed by atoms with Crippen LogP contribution in [-0.4, -0.2) is 26.4 Å². The normalized spacial score (nSPS) is 15.5. The number of benzene rings is 2. The molecule has 1 amide bonds. The van der Waals surface area contributed by atoms with Crippen LogP contribution in [0.4, 0.5) is 11.6 Å². The number of amides is 1. The fraction of sp³-hybridized carbons (Fsp3) is 0.261. The van der Waals surface area contributed by atoms with E-state index in [2.05, 4.69) is 22.5 Å². The van der Waals surface area contributed by atoms with Gasteiger partial charge < -0.3 is 10.6 Å². The van der Waals surface area contributed by atoms with Gasteiger partial charge in [-0.15, -0.1) is 5.10 Å². The monoisotopic (exact) mass is 419 g/mol. The Morgan fingerprint density at radius 2 is 1.87 bits per heavy atom. The van der Waals surface area contributed by atoms with Crippen LogP contribution >= 0.6 is 11.8 Å². The zero-order valence-electron chi connectivity index (χ0n) is 17.3. The lowest BCUT2D eigenvalue weighted by Gasteiger charge is -2.28. The summed E-state index contributed by atoms with van der Waals surface area (Å²) in [6.45, 7) is 6.03. The van der Waals surface area contributed by atoms with E-state index >= 15 is 0 Å². The molecule has 1 unspecified atom stereocenters. The van der Waals surface area contributed by atoms with Gasteiger partial charge in [0, 0.05) is 17.1 Å². The molecule has 0 saturated heterocycles. The van der Waals surface area contributed by atoms with Gasteiger partial charge in [-0.2, -0.15) is 4.98 Å². The minimum absolute atomic E-state index is 0.146. The van der Waals surface area contributed by atoms with E-state index in [1.54, 1.807) is 11.8 Å². The van der Waals surface area contributed by atoms with Gasteiger partial charge in [-0.25, -0.2) is 4.68 Å². The maximum Gasteiger partial charge on any atom is 0.255 e. The number of rotatable bonds is 6. The van der Waals surface area contributed by atoms with Crippen LogP contribution in [-0.2, 0) is 4.79 Å². The SMILES string of the molecule is CCCSc1nc2n(n1)C(c1ccccc1)C(C(=O)Nc1ccccc1C)=C(C)N2. The van der Waals surface area contributed by atoms with Crippen LogP contribution in [0.2, 0.25) is 0 Å². The first-order chi connectivity index (χ1) is 14.6. The number of carbonyl (C=O) groups is 1. The fourth-order valence-electron chi connectivity index (χ4n) is 3.53. The first-order valence-electron chi connectivity index (χ1n) is 10.1. The van der Waals surface area contributed by atoms with Gasteiger partial charge in [0.25, 0.3) is 5.91 Å². The third-order valence-corrected chi connectivity index (χ3v) is 6.07. The summed E-state index contributed by atoms with van der Waals surface area (Å²) in [5, 5.41) is 11.8. The van der Waals surface area contributed by atoms with E-state index in [-0.39, 0.29) is 11.9 Å². The Morgan fingerprint density at radius 1 is 1.13 bits per heavy atom. The molecule has 0 bridgehead atoms. The molecule has 3 aromatic rings. The molecule has 2 N–H and O–H groups in total. The Morgan fingerprint density at radius 3 is 2.60 bits per heavy atom. The van der Waals surface area contributed by atoms with Gasteiger partial charge >= 0.3 is 0 Å². The third kappa shape index (κ3) is 3.98. The predicted molar refractivity (Wildman–Crippen MR) is 122 cm³/mol. The molecule has 0 fully saturated rings. The minimum atomic E-state index is -0.352. The summed E-state index contributed by atoms with van der Waals surface area (Å²) in [6.07, 6.45) is 1.05. The Kier molecular flexibility index (Phi) is 5.90. The largest absolute Gasteiger partial charge is 0.328 e. The summed E-state index contributed by atoms with van der Waals surface area (Å²) in [4.78, 5) is 18.1. The number of thioether (sulfide) groups is 1. The standard InChI is InChI=1S/C23H25N5OS/c1-4-14-30-23-26-22-24-16(3)19(21(29)25-18-13-9-8-10-15(18)2)20(28(22)27-23)17-11-6-5-7-12-17/h5-13,20H,4,14H2,1-3H3,(H,25,29)(H,24,26,27). The van der Waals surface area contributed by atoms with Gasteiger partial charge in [0.2, 0.25) is 11.1 Å². The number of hydrogen-bond donors (Lipinski definition) is 2. The molecule has 0 radical (unpaired) electrons. The van der Waals surface area contributed by atoms with Crippen LogP contribution in [0.15, 0.2) is 71.0 Å². The zero-order valence-corrected chi connectivity index (χ0v) is 18.2.